The smallest absolute Gasteiger partial charge is 1.00 e. The molecule has 0 radical (unpaired) electrons. The fraction of sp³-hybridized carbons (Fsp3) is 0.167. The predicted molar refractivity (Wildman–Crippen MR) is 32.7 cm³/mol. The van der Waals surface area contributed by atoms with Crippen LogP contribution < -0.4 is 51.4 Å². The van der Waals surface area contributed by atoms with Gasteiger partial charge in [-0.3, -0.25) is 0 Å². The Balaban J connectivity index is -0.000000245. The third-order valence-electron chi connectivity index (χ3n) is 0.542. The summed E-state index contributed by atoms with van der Waals surface area (Å²) in [4.78, 5) is 9.75. The van der Waals surface area contributed by atoms with Gasteiger partial charge in [-0.15, -0.1) is 0 Å². The maximum Gasteiger partial charge on any atom is 1.00 e. The van der Waals surface area contributed by atoms with Crippen molar-refractivity contribution in [2.24, 2.45) is 0 Å². The minimum absolute atomic E-state index is 0. The van der Waals surface area contributed by atoms with Gasteiger partial charge in [0.05, 0.1) is 0 Å². The van der Waals surface area contributed by atoms with Crippen LogP contribution in [-0.2, 0) is 4.79 Å². The first-order valence-electron chi connectivity index (χ1n) is 2.29. The average molecular weight is 152 g/mol. The molecule has 46 valence electrons. The molecule has 0 spiro atoms. The Morgan fingerprint density at radius 2 is 2.11 bits per heavy atom. The molecule has 0 fully saturated rings. The molecule has 0 unspecified atom stereocenters. The zero-order valence-corrected chi connectivity index (χ0v) is 8.79. The molecule has 0 aliphatic carbocycles. The van der Waals surface area contributed by atoms with Gasteiger partial charge in [-0.2, -0.15) is 0 Å². The van der Waals surface area contributed by atoms with E-state index in [4.69, 9.17) is 5.11 Å². The standard InChI is InChI=1S/C6H8O2.K.H/c1-2-3-4-5-6(7)8;;/h2-5H,1H3,(H,7,8);;/q;+1;-1. The summed E-state index contributed by atoms with van der Waals surface area (Å²) in [6.45, 7) is 1.83. The maximum atomic E-state index is 9.75. The molecule has 0 aliphatic rings. The topological polar surface area (TPSA) is 37.3 Å². The fourth-order valence-electron chi connectivity index (χ4n) is 0.249. The first-order valence-corrected chi connectivity index (χ1v) is 2.29. The quantitative estimate of drug-likeness (QED) is 0.291. The summed E-state index contributed by atoms with van der Waals surface area (Å²) < 4.78 is 0. The minimum Gasteiger partial charge on any atom is -1.00 e. The number of carboxylic acid groups (broad SMARTS) is 1. The zero-order chi connectivity index (χ0) is 6.41. The molecule has 0 rings (SSSR count). The summed E-state index contributed by atoms with van der Waals surface area (Å²) in [6, 6.07) is 0. The zero-order valence-electron chi connectivity index (χ0n) is 6.66. The van der Waals surface area contributed by atoms with E-state index in [0.717, 1.165) is 6.08 Å². The van der Waals surface area contributed by atoms with E-state index in [1.807, 2.05) is 6.92 Å². The van der Waals surface area contributed by atoms with E-state index < -0.39 is 5.97 Å². The third kappa shape index (κ3) is 11.9. The summed E-state index contributed by atoms with van der Waals surface area (Å²) in [5.41, 5.74) is 0. The van der Waals surface area contributed by atoms with Gasteiger partial charge in [0, 0.05) is 6.08 Å². The molecular weight excluding hydrogens is 143 g/mol. The molecule has 9 heavy (non-hydrogen) atoms. The second-order valence-electron chi connectivity index (χ2n) is 1.22. The van der Waals surface area contributed by atoms with Crippen molar-refractivity contribution < 1.29 is 62.7 Å². The Labute approximate surface area is 98.5 Å². The summed E-state index contributed by atoms with van der Waals surface area (Å²) in [7, 11) is 0. The first kappa shape index (κ1) is 12.3. The van der Waals surface area contributed by atoms with Gasteiger partial charge in [-0.05, 0) is 6.92 Å². The second kappa shape index (κ2) is 8.59. The molecule has 0 heterocycles. The van der Waals surface area contributed by atoms with Crippen molar-refractivity contribution in [1.29, 1.82) is 0 Å². The van der Waals surface area contributed by atoms with E-state index in [9.17, 15) is 4.79 Å². The molecule has 0 saturated carbocycles. The molecule has 0 saturated heterocycles. The molecule has 0 amide bonds. The van der Waals surface area contributed by atoms with Crippen molar-refractivity contribution >= 4 is 5.97 Å². The van der Waals surface area contributed by atoms with Crippen LogP contribution in [0.1, 0.15) is 8.35 Å². The first-order chi connectivity index (χ1) is 3.77. The Hall–Kier alpha value is 0.586. The van der Waals surface area contributed by atoms with E-state index >= 15 is 0 Å². The van der Waals surface area contributed by atoms with Crippen LogP contribution in [0.2, 0.25) is 0 Å². The SMILES string of the molecule is CC=CC=CC(=O)O.[H-].[K+]. The molecule has 0 bridgehead atoms. The molecule has 0 atom stereocenters. The van der Waals surface area contributed by atoms with Crippen LogP contribution >= 0.6 is 0 Å². The Morgan fingerprint density at radius 1 is 1.56 bits per heavy atom. The summed E-state index contributed by atoms with van der Waals surface area (Å²) >= 11 is 0. The number of carboxylic acids is 1. The molecule has 2 nitrogen and oxygen atoms in total. The number of rotatable bonds is 2. The van der Waals surface area contributed by atoms with Crippen molar-refractivity contribution in [2.45, 2.75) is 6.92 Å². The summed E-state index contributed by atoms with van der Waals surface area (Å²) in [5, 5.41) is 8.02. The van der Waals surface area contributed by atoms with Crippen LogP contribution in [0.15, 0.2) is 24.3 Å². The average Bonchev–Trinajstić information content (AvgIpc) is 1.66. The predicted octanol–water partition coefficient (Wildman–Crippen LogP) is -1.68. The van der Waals surface area contributed by atoms with Gasteiger partial charge in [0.1, 0.15) is 0 Å². The van der Waals surface area contributed by atoms with Crippen LogP contribution in [0.5, 0.6) is 0 Å². The largest absolute Gasteiger partial charge is 1.00 e. The van der Waals surface area contributed by atoms with Crippen molar-refractivity contribution in [3.05, 3.63) is 24.3 Å². The molecule has 0 aromatic rings. The van der Waals surface area contributed by atoms with Gasteiger partial charge in [0.15, 0.2) is 0 Å². The molecule has 3 heteroatoms. The number of allylic oxidation sites excluding steroid dienone is 3. The van der Waals surface area contributed by atoms with E-state index in [-0.39, 0.29) is 52.8 Å². The van der Waals surface area contributed by atoms with Crippen LogP contribution in [0.4, 0.5) is 0 Å². The van der Waals surface area contributed by atoms with Crippen LogP contribution in [0, 0.1) is 0 Å². The summed E-state index contributed by atoms with van der Waals surface area (Å²) in [5.74, 6) is -0.914. The summed E-state index contributed by atoms with van der Waals surface area (Å²) in [6.07, 6.45) is 5.98. The molecule has 1 N–H and O–H groups in total. The third-order valence-corrected chi connectivity index (χ3v) is 0.542. The fourth-order valence-corrected chi connectivity index (χ4v) is 0.249. The minimum atomic E-state index is -0.914. The number of hydrogen-bond donors (Lipinski definition) is 1. The molecular formula is C6H9KO2. The monoisotopic (exact) mass is 152 g/mol. The van der Waals surface area contributed by atoms with Crippen molar-refractivity contribution in [2.75, 3.05) is 0 Å². The normalized spacial score (nSPS) is 9.89. The van der Waals surface area contributed by atoms with E-state index in [1.54, 1.807) is 12.2 Å². The molecule has 0 aromatic carbocycles. The molecule has 0 aliphatic heterocycles. The van der Waals surface area contributed by atoms with Crippen molar-refractivity contribution in [1.82, 2.24) is 0 Å². The second-order valence-corrected chi connectivity index (χ2v) is 1.22. The Morgan fingerprint density at radius 3 is 2.44 bits per heavy atom. The Bertz CT molecular complexity index is 132. The van der Waals surface area contributed by atoms with Crippen molar-refractivity contribution in [3.8, 4) is 0 Å². The van der Waals surface area contributed by atoms with Gasteiger partial charge < -0.3 is 6.53 Å². The van der Waals surface area contributed by atoms with Gasteiger partial charge in [0.25, 0.3) is 0 Å². The van der Waals surface area contributed by atoms with Gasteiger partial charge in [-0.25, -0.2) is 4.79 Å². The van der Waals surface area contributed by atoms with Crippen LogP contribution in [0.3, 0.4) is 0 Å². The Kier molecular flexibility index (Phi) is 11.7. The van der Waals surface area contributed by atoms with E-state index in [0.29, 0.717) is 0 Å². The maximum absolute atomic E-state index is 9.75. The molecule has 0 aromatic heterocycles. The van der Waals surface area contributed by atoms with Crippen LogP contribution in [0.25, 0.3) is 0 Å². The van der Waals surface area contributed by atoms with Crippen molar-refractivity contribution in [3.63, 3.8) is 0 Å². The number of carbonyl (C=O) groups is 1. The van der Waals surface area contributed by atoms with Gasteiger partial charge in [0.2, 0.25) is 0 Å². The van der Waals surface area contributed by atoms with E-state index in [2.05, 4.69) is 0 Å². The number of hydrogen-bond acceptors (Lipinski definition) is 1. The van der Waals surface area contributed by atoms with Gasteiger partial charge in [-0.1, -0.05) is 18.2 Å². The van der Waals surface area contributed by atoms with Gasteiger partial charge >= 0.3 is 57.4 Å². The van der Waals surface area contributed by atoms with Crippen LogP contribution in [-0.4, -0.2) is 11.1 Å². The number of aliphatic carboxylic acids is 1. The van der Waals surface area contributed by atoms with E-state index in [1.165, 1.54) is 6.08 Å².